The number of hydrogen-bond donors (Lipinski definition) is 1. The minimum atomic E-state index is -1.38. The molecule has 0 saturated carbocycles. The lowest BCUT2D eigenvalue weighted by Crippen LogP contribution is -2.24. The van der Waals surface area contributed by atoms with Gasteiger partial charge in [-0.2, -0.15) is 0 Å². The van der Waals surface area contributed by atoms with Crippen molar-refractivity contribution in [3.63, 3.8) is 0 Å². The lowest BCUT2D eigenvalue weighted by molar-refractivity contribution is 0.0824. The van der Waals surface area contributed by atoms with Crippen LogP contribution in [0.4, 0.5) is 13.2 Å². The van der Waals surface area contributed by atoms with Gasteiger partial charge in [-0.15, -0.1) is 0 Å². The molecule has 1 N–H and O–H groups in total. The molecule has 2 aromatic carbocycles. The van der Waals surface area contributed by atoms with E-state index in [9.17, 15) is 18.3 Å². The van der Waals surface area contributed by atoms with Crippen molar-refractivity contribution in [3.05, 3.63) is 70.5 Å². The number of aliphatic hydroxyl groups is 1. The van der Waals surface area contributed by atoms with Crippen LogP contribution in [0.2, 0.25) is 0 Å². The first kappa shape index (κ1) is 12.2. The maximum absolute atomic E-state index is 13.3. The third-order valence-electron chi connectivity index (χ3n) is 3.67. The van der Waals surface area contributed by atoms with Gasteiger partial charge in [0.25, 0.3) is 0 Å². The van der Waals surface area contributed by atoms with Crippen LogP contribution in [0, 0.1) is 17.5 Å². The predicted molar refractivity (Wildman–Crippen MR) is 64.1 cm³/mol. The van der Waals surface area contributed by atoms with Gasteiger partial charge in [0, 0.05) is 0 Å². The van der Waals surface area contributed by atoms with Crippen molar-refractivity contribution in [1.82, 2.24) is 0 Å². The van der Waals surface area contributed by atoms with Crippen LogP contribution in [0.3, 0.4) is 0 Å². The molecule has 0 aliphatic heterocycles. The van der Waals surface area contributed by atoms with E-state index < -0.39 is 17.2 Å². The maximum atomic E-state index is 13.3. The van der Waals surface area contributed by atoms with Crippen LogP contribution in [-0.4, -0.2) is 5.11 Å². The molecule has 1 unspecified atom stereocenters. The van der Waals surface area contributed by atoms with Crippen LogP contribution in [-0.2, 0) is 12.0 Å². The van der Waals surface area contributed by atoms with Gasteiger partial charge in [-0.25, -0.2) is 13.2 Å². The monoisotopic (exact) mass is 264 g/mol. The first-order valence-electron chi connectivity index (χ1n) is 5.97. The molecule has 1 aliphatic rings. The Morgan fingerprint density at radius 3 is 2.47 bits per heavy atom. The molecular weight excluding hydrogens is 253 g/mol. The van der Waals surface area contributed by atoms with Gasteiger partial charge >= 0.3 is 0 Å². The van der Waals surface area contributed by atoms with Gasteiger partial charge in [0.05, 0.1) is 0 Å². The third-order valence-corrected chi connectivity index (χ3v) is 3.67. The molecule has 0 fully saturated rings. The molecule has 1 aliphatic carbocycles. The van der Waals surface area contributed by atoms with Gasteiger partial charge in [0.15, 0.2) is 11.6 Å². The molecule has 0 spiro atoms. The van der Waals surface area contributed by atoms with E-state index in [1.165, 1.54) is 24.3 Å². The summed E-state index contributed by atoms with van der Waals surface area (Å²) in [6.45, 7) is 0. The Labute approximate surface area is 108 Å². The molecule has 3 rings (SSSR count). The Kier molecular flexibility index (Phi) is 2.64. The molecule has 0 aromatic heterocycles. The summed E-state index contributed by atoms with van der Waals surface area (Å²) in [5, 5.41) is 10.7. The second-order valence-electron chi connectivity index (χ2n) is 4.79. The molecule has 0 bridgehead atoms. The summed E-state index contributed by atoms with van der Waals surface area (Å²) in [5.41, 5.74) is 0.168. The minimum absolute atomic E-state index is 0.289. The van der Waals surface area contributed by atoms with E-state index in [4.69, 9.17) is 0 Å². The molecule has 98 valence electrons. The van der Waals surface area contributed by atoms with Gasteiger partial charge < -0.3 is 5.11 Å². The Hall–Kier alpha value is -1.81. The molecule has 19 heavy (non-hydrogen) atoms. The smallest absolute Gasteiger partial charge is 0.159 e. The van der Waals surface area contributed by atoms with Crippen molar-refractivity contribution in [2.75, 3.05) is 0 Å². The largest absolute Gasteiger partial charge is 0.380 e. The van der Waals surface area contributed by atoms with Gasteiger partial charge in [-0.05, 0) is 53.8 Å². The summed E-state index contributed by atoms with van der Waals surface area (Å²) in [7, 11) is 0. The highest BCUT2D eigenvalue weighted by Crippen LogP contribution is 2.42. The highest BCUT2D eigenvalue weighted by molar-refractivity contribution is 5.45. The first-order chi connectivity index (χ1) is 9.00. The lowest BCUT2D eigenvalue weighted by atomic mass is 9.88. The van der Waals surface area contributed by atoms with Gasteiger partial charge in [0.1, 0.15) is 11.4 Å². The second kappa shape index (κ2) is 4.10. The zero-order valence-corrected chi connectivity index (χ0v) is 9.96. The van der Waals surface area contributed by atoms with E-state index in [2.05, 4.69) is 0 Å². The molecule has 4 heteroatoms. The molecule has 2 aromatic rings. The van der Waals surface area contributed by atoms with E-state index in [1.54, 1.807) is 0 Å². The topological polar surface area (TPSA) is 20.2 Å². The summed E-state index contributed by atoms with van der Waals surface area (Å²) in [5.74, 6) is -2.32. The number of halogens is 3. The molecule has 0 amide bonds. The minimum Gasteiger partial charge on any atom is -0.380 e. The second-order valence-corrected chi connectivity index (χ2v) is 4.79. The van der Waals surface area contributed by atoms with E-state index >= 15 is 0 Å². The summed E-state index contributed by atoms with van der Waals surface area (Å²) < 4.78 is 39.4. The molecule has 0 heterocycles. The average molecular weight is 264 g/mol. The fourth-order valence-corrected chi connectivity index (χ4v) is 2.68. The van der Waals surface area contributed by atoms with Gasteiger partial charge in [-0.1, -0.05) is 12.1 Å². The van der Waals surface area contributed by atoms with Gasteiger partial charge in [0.2, 0.25) is 0 Å². The number of benzene rings is 2. The zero-order valence-electron chi connectivity index (χ0n) is 9.96. The average Bonchev–Trinajstić information content (AvgIpc) is 2.71. The Morgan fingerprint density at radius 2 is 1.74 bits per heavy atom. The van der Waals surface area contributed by atoms with Gasteiger partial charge in [-0.3, -0.25) is 0 Å². The van der Waals surface area contributed by atoms with E-state index in [0.29, 0.717) is 24.0 Å². The number of hydrogen-bond acceptors (Lipinski definition) is 1. The molecule has 1 atom stereocenters. The maximum Gasteiger partial charge on any atom is 0.159 e. The number of aryl methyl sites for hydroxylation is 1. The van der Waals surface area contributed by atoms with Crippen molar-refractivity contribution in [2.24, 2.45) is 0 Å². The van der Waals surface area contributed by atoms with Crippen LogP contribution in [0.15, 0.2) is 36.4 Å². The quantitative estimate of drug-likeness (QED) is 0.838. The van der Waals surface area contributed by atoms with Crippen molar-refractivity contribution in [1.29, 1.82) is 0 Å². The van der Waals surface area contributed by atoms with E-state index in [0.717, 1.165) is 12.1 Å². The molecular formula is C15H11F3O. The standard InChI is InChI=1S/C15H11F3O/c16-11-2-3-12-9(7-11)5-6-15(12,19)10-1-4-13(17)14(18)8-10/h1-4,7-8,19H,5-6H2. The fourth-order valence-electron chi connectivity index (χ4n) is 2.68. The summed E-state index contributed by atoms with van der Waals surface area (Å²) in [6, 6.07) is 7.47. The normalized spacial score (nSPS) is 21.5. The predicted octanol–water partition coefficient (Wildman–Crippen LogP) is 3.29. The fraction of sp³-hybridized carbons (Fsp3) is 0.200. The first-order valence-corrected chi connectivity index (χ1v) is 5.97. The third kappa shape index (κ3) is 1.83. The Bertz CT molecular complexity index is 654. The van der Waals surface area contributed by atoms with Crippen molar-refractivity contribution >= 4 is 0 Å². The van der Waals surface area contributed by atoms with Crippen LogP contribution in [0.25, 0.3) is 0 Å². The van der Waals surface area contributed by atoms with Crippen LogP contribution < -0.4 is 0 Å². The highest BCUT2D eigenvalue weighted by atomic mass is 19.2. The van der Waals surface area contributed by atoms with Crippen LogP contribution in [0.5, 0.6) is 0 Å². The van der Waals surface area contributed by atoms with E-state index in [1.807, 2.05) is 0 Å². The molecule has 1 nitrogen and oxygen atoms in total. The lowest BCUT2D eigenvalue weighted by Gasteiger charge is -2.24. The van der Waals surface area contributed by atoms with Crippen molar-refractivity contribution < 1.29 is 18.3 Å². The number of fused-ring (bicyclic) bond motifs is 1. The summed E-state index contributed by atoms with van der Waals surface area (Å²) in [6.07, 6.45) is 0.833. The molecule has 0 saturated heterocycles. The summed E-state index contributed by atoms with van der Waals surface area (Å²) in [4.78, 5) is 0. The summed E-state index contributed by atoms with van der Waals surface area (Å²) >= 11 is 0. The van der Waals surface area contributed by atoms with Crippen LogP contribution in [0.1, 0.15) is 23.1 Å². The van der Waals surface area contributed by atoms with E-state index in [-0.39, 0.29) is 11.4 Å². The Balaban J connectivity index is 2.13. The zero-order chi connectivity index (χ0) is 13.6. The molecule has 0 radical (unpaired) electrons. The van der Waals surface area contributed by atoms with Crippen molar-refractivity contribution in [2.45, 2.75) is 18.4 Å². The highest BCUT2D eigenvalue weighted by Gasteiger charge is 2.38. The van der Waals surface area contributed by atoms with Crippen LogP contribution >= 0.6 is 0 Å². The Morgan fingerprint density at radius 1 is 0.947 bits per heavy atom. The van der Waals surface area contributed by atoms with Crippen molar-refractivity contribution in [3.8, 4) is 0 Å². The number of rotatable bonds is 1. The SMILES string of the molecule is OC1(c2ccc(F)c(F)c2)CCc2cc(F)ccc21.